The van der Waals surface area contributed by atoms with Gasteiger partial charge in [0.05, 0.1) is 23.2 Å². The van der Waals surface area contributed by atoms with Crippen molar-refractivity contribution in [3.8, 4) is 0 Å². The number of hydrogen-bond donors (Lipinski definition) is 0. The zero-order chi connectivity index (χ0) is 15.5. The van der Waals surface area contributed by atoms with Gasteiger partial charge in [0, 0.05) is 25.0 Å². The molecule has 0 atom stereocenters. The lowest BCUT2D eigenvalue weighted by Crippen LogP contribution is -2.32. The number of nitrogens with zero attached hydrogens (tertiary/aromatic N) is 3. The highest BCUT2D eigenvalue weighted by molar-refractivity contribution is 6.20. The van der Waals surface area contributed by atoms with Crippen molar-refractivity contribution in [3.05, 3.63) is 59.7 Å². The Hall–Kier alpha value is -3.09. The molecule has 3 rings (SSSR count). The fraction of sp³-hybridized carbons (Fsp3) is 0.133. The lowest BCUT2D eigenvalue weighted by atomic mass is 10.1. The van der Waals surface area contributed by atoms with Gasteiger partial charge in [-0.05, 0) is 12.1 Å². The molecule has 0 fully saturated rings. The molecule has 22 heavy (non-hydrogen) atoms. The smallest absolute Gasteiger partial charge is 0.330 e. The highest BCUT2D eigenvalue weighted by atomic mass is 16.7. The summed E-state index contributed by atoms with van der Waals surface area (Å²) in [4.78, 5) is 48.6. The summed E-state index contributed by atoms with van der Waals surface area (Å²) in [5.74, 6) is -1.94. The Morgan fingerprint density at radius 3 is 2.36 bits per heavy atom. The Balaban J connectivity index is 1.63. The second-order valence-electron chi connectivity index (χ2n) is 4.61. The minimum absolute atomic E-state index is 0.00784. The van der Waals surface area contributed by atoms with E-state index in [4.69, 9.17) is 4.84 Å². The van der Waals surface area contributed by atoms with Gasteiger partial charge >= 0.3 is 5.97 Å². The molecule has 0 bridgehead atoms. The standard InChI is InChI=1S/C15H11N3O4/c19-13(6-5-10-9-16-7-8-17-10)22-18-14(20)11-3-1-2-4-12(11)15(18)21/h1-4,7-9H,5-6H2. The van der Waals surface area contributed by atoms with Crippen LogP contribution in [0.4, 0.5) is 0 Å². The van der Waals surface area contributed by atoms with Crippen LogP contribution in [0.5, 0.6) is 0 Å². The third-order valence-electron chi connectivity index (χ3n) is 3.15. The fourth-order valence-corrected chi connectivity index (χ4v) is 2.09. The van der Waals surface area contributed by atoms with Gasteiger partial charge in [0.1, 0.15) is 0 Å². The van der Waals surface area contributed by atoms with Gasteiger partial charge in [-0.25, -0.2) is 4.79 Å². The Morgan fingerprint density at radius 2 is 1.77 bits per heavy atom. The van der Waals surface area contributed by atoms with Crippen molar-refractivity contribution < 1.29 is 19.2 Å². The minimum atomic E-state index is -0.680. The maximum absolute atomic E-state index is 12.0. The third-order valence-corrected chi connectivity index (χ3v) is 3.15. The van der Waals surface area contributed by atoms with E-state index in [2.05, 4.69) is 9.97 Å². The molecule has 0 N–H and O–H groups in total. The molecule has 0 aliphatic carbocycles. The van der Waals surface area contributed by atoms with Crippen LogP contribution in [0.25, 0.3) is 0 Å². The highest BCUT2D eigenvalue weighted by Crippen LogP contribution is 2.22. The number of imide groups is 1. The van der Waals surface area contributed by atoms with Gasteiger partial charge in [-0.3, -0.25) is 19.6 Å². The third kappa shape index (κ3) is 2.56. The number of hydroxylamine groups is 2. The van der Waals surface area contributed by atoms with E-state index in [1.165, 1.54) is 30.7 Å². The van der Waals surface area contributed by atoms with Crippen LogP contribution >= 0.6 is 0 Å². The van der Waals surface area contributed by atoms with Crippen LogP contribution in [0.1, 0.15) is 32.8 Å². The number of hydrogen-bond acceptors (Lipinski definition) is 6. The van der Waals surface area contributed by atoms with Crippen molar-refractivity contribution in [1.29, 1.82) is 0 Å². The Labute approximate surface area is 125 Å². The molecule has 110 valence electrons. The largest absolute Gasteiger partial charge is 0.333 e. The van der Waals surface area contributed by atoms with Crippen LogP contribution in [-0.2, 0) is 16.1 Å². The Kier molecular flexibility index (Phi) is 3.61. The predicted octanol–water partition coefficient (Wildman–Crippen LogP) is 1.16. The molecule has 2 heterocycles. The summed E-state index contributed by atoms with van der Waals surface area (Å²) in [6.45, 7) is 0. The highest BCUT2D eigenvalue weighted by Gasteiger charge is 2.38. The van der Waals surface area contributed by atoms with Gasteiger partial charge in [0.2, 0.25) is 0 Å². The summed E-state index contributed by atoms with van der Waals surface area (Å²) in [6.07, 6.45) is 4.89. The van der Waals surface area contributed by atoms with E-state index in [1.807, 2.05) is 0 Å². The van der Waals surface area contributed by atoms with Crippen molar-refractivity contribution in [2.75, 3.05) is 0 Å². The average Bonchev–Trinajstić information content (AvgIpc) is 2.79. The topological polar surface area (TPSA) is 89.5 Å². The minimum Gasteiger partial charge on any atom is -0.330 e. The number of carbonyl (C=O) groups is 3. The molecule has 2 aromatic rings. The summed E-state index contributed by atoms with van der Waals surface area (Å²) in [7, 11) is 0. The van der Waals surface area contributed by atoms with E-state index in [9.17, 15) is 14.4 Å². The Morgan fingerprint density at radius 1 is 1.09 bits per heavy atom. The van der Waals surface area contributed by atoms with E-state index < -0.39 is 17.8 Å². The second-order valence-corrected chi connectivity index (χ2v) is 4.61. The molecule has 1 aromatic heterocycles. The molecule has 2 amide bonds. The van der Waals surface area contributed by atoms with Gasteiger partial charge in [-0.2, -0.15) is 0 Å². The molecule has 1 aliphatic rings. The van der Waals surface area contributed by atoms with Crippen molar-refractivity contribution in [1.82, 2.24) is 15.0 Å². The maximum Gasteiger partial charge on any atom is 0.333 e. The zero-order valence-corrected chi connectivity index (χ0v) is 11.4. The number of aromatic nitrogens is 2. The number of aryl methyl sites for hydroxylation is 1. The average molecular weight is 297 g/mol. The number of rotatable bonds is 4. The lowest BCUT2D eigenvalue weighted by Gasteiger charge is -2.12. The molecule has 0 unspecified atom stereocenters. The van der Waals surface area contributed by atoms with Crippen LogP contribution in [0.2, 0.25) is 0 Å². The first-order chi connectivity index (χ1) is 10.7. The molecule has 1 aromatic carbocycles. The van der Waals surface area contributed by atoms with Crippen LogP contribution in [0, 0.1) is 0 Å². The first kappa shape index (κ1) is 13.9. The second kappa shape index (κ2) is 5.72. The first-order valence-corrected chi connectivity index (χ1v) is 6.60. The maximum atomic E-state index is 12.0. The normalized spacial score (nSPS) is 13.2. The van der Waals surface area contributed by atoms with Gasteiger partial charge in [-0.1, -0.05) is 17.2 Å². The van der Waals surface area contributed by atoms with Gasteiger partial charge in [-0.15, -0.1) is 0 Å². The molecule has 0 saturated carbocycles. The van der Waals surface area contributed by atoms with Gasteiger partial charge in [0.15, 0.2) is 0 Å². The summed E-state index contributed by atoms with van der Waals surface area (Å²) in [5, 5.41) is 0.504. The molecule has 0 radical (unpaired) electrons. The molecule has 7 nitrogen and oxygen atoms in total. The fourth-order valence-electron chi connectivity index (χ4n) is 2.09. The lowest BCUT2D eigenvalue weighted by molar-refractivity contribution is -0.168. The first-order valence-electron chi connectivity index (χ1n) is 6.60. The van der Waals surface area contributed by atoms with Crippen LogP contribution in [0.3, 0.4) is 0 Å². The van der Waals surface area contributed by atoms with E-state index in [0.717, 1.165) is 0 Å². The quantitative estimate of drug-likeness (QED) is 0.787. The summed E-state index contributed by atoms with van der Waals surface area (Å²) in [5.41, 5.74) is 1.09. The van der Waals surface area contributed by atoms with Gasteiger partial charge < -0.3 is 4.84 Å². The number of amides is 2. The monoisotopic (exact) mass is 297 g/mol. The van der Waals surface area contributed by atoms with Crippen LogP contribution in [0.15, 0.2) is 42.9 Å². The molecular formula is C15H11N3O4. The Bertz CT molecular complexity index is 710. The van der Waals surface area contributed by atoms with Crippen molar-refractivity contribution >= 4 is 17.8 Å². The number of fused-ring (bicyclic) bond motifs is 1. The molecular weight excluding hydrogens is 286 g/mol. The summed E-state index contributed by atoms with van der Waals surface area (Å²) >= 11 is 0. The molecule has 0 saturated heterocycles. The van der Waals surface area contributed by atoms with E-state index in [-0.39, 0.29) is 17.5 Å². The zero-order valence-electron chi connectivity index (χ0n) is 11.4. The molecule has 0 spiro atoms. The molecule has 7 heteroatoms. The number of carbonyl (C=O) groups excluding carboxylic acids is 3. The van der Waals surface area contributed by atoms with E-state index in [1.54, 1.807) is 12.1 Å². The molecule has 1 aliphatic heterocycles. The van der Waals surface area contributed by atoms with Gasteiger partial charge in [0.25, 0.3) is 11.8 Å². The van der Waals surface area contributed by atoms with Crippen LogP contribution in [-0.4, -0.2) is 32.8 Å². The number of benzene rings is 1. The summed E-state index contributed by atoms with van der Waals surface area (Å²) in [6, 6.07) is 6.32. The summed E-state index contributed by atoms with van der Waals surface area (Å²) < 4.78 is 0. The van der Waals surface area contributed by atoms with E-state index >= 15 is 0 Å². The van der Waals surface area contributed by atoms with Crippen molar-refractivity contribution in [2.24, 2.45) is 0 Å². The SMILES string of the molecule is O=C(CCc1cnccn1)ON1C(=O)c2ccccc2C1=O. The van der Waals surface area contributed by atoms with Crippen molar-refractivity contribution in [3.63, 3.8) is 0 Å². The van der Waals surface area contributed by atoms with Crippen LogP contribution < -0.4 is 0 Å². The van der Waals surface area contributed by atoms with E-state index in [0.29, 0.717) is 17.2 Å². The predicted molar refractivity (Wildman–Crippen MR) is 73.4 cm³/mol. The van der Waals surface area contributed by atoms with Crippen molar-refractivity contribution in [2.45, 2.75) is 12.8 Å².